The first-order valence-corrected chi connectivity index (χ1v) is 8.01. The fourth-order valence-electron chi connectivity index (χ4n) is 2.62. The molecule has 1 saturated carbocycles. The fraction of sp³-hybridized carbons (Fsp3) is 0.800. The van der Waals surface area contributed by atoms with Crippen LogP contribution in [0, 0.1) is 5.92 Å². The van der Waals surface area contributed by atoms with E-state index in [1.807, 2.05) is 11.3 Å². The van der Waals surface area contributed by atoms with Gasteiger partial charge in [-0.05, 0) is 39.5 Å². The zero-order chi connectivity index (χ0) is 13.2. The molecule has 2 unspecified atom stereocenters. The van der Waals surface area contributed by atoms with Crippen LogP contribution in [-0.2, 0) is 6.42 Å². The summed E-state index contributed by atoms with van der Waals surface area (Å²) in [6.07, 6.45) is 5.11. The summed E-state index contributed by atoms with van der Waals surface area (Å²) in [7, 11) is 0. The molecule has 0 radical (unpaired) electrons. The second-order valence-electron chi connectivity index (χ2n) is 6.72. The molecule has 1 aromatic rings. The van der Waals surface area contributed by atoms with Crippen LogP contribution in [0.25, 0.3) is 0 Å². The van der Waals surface area contributed by atoms with Crippen molar-refractivity contribution in [2.75, 3.05) is 6.54 Å². The van der Waals surface area contributed by atoms with Crippen molar-refractivity contribution in [3.8, 4) is 0 Å². The van der Waals surface area contributed by atoms with Crippen molar-refractivity contribution in [2.45, 2.75) is 64.8 Å². The highest BCUT2D eigenvalue weighted by molar-refractivity contribution is 7.09. The Bertz CT molecular complexity index is 378. The Balaban J connectivity index is 1.83. The third kappa shape index (κ3) is 4.06. The number of hydrogen-bond donors (Lipinski definition) is 1. The van der Waals surface area contributed by atoms with Crippen molar-refractivity contribution < 1.29 is 0 Å². The van der Waals surface area contributed by atoms with E-state index in [2.05, 4.69) is 38.4 Å². The molecular weight excluding hydrogens is 240 g/mol. The molecule has 1 heterocycles. The molecular formula is C15H26N2S. The first-order valence-electron chi connectivity index (χ1n) is 7.13. The third-order valence-corrected chi connectivity index (χ3v) is 4.71. The van der Waals surface area contributed by atoms with Gasteiger partial charge in [-0.2, -0.15) is 0 Å². The maximum absolute atomic E-state index is 4.82. The second kappa shape index (κ2) is 5.70. The normalized spacial score (nSPS) is 24.7. The van der Waals surface area contributed by atoms with Crippen molar-refractivity contribution in [1.29, 1.82) is 0 Å². The quantitative estimate of drug-likeness (QED) is 0.891. The van der Waals surface area contributed by atoms with Crippen LogP contribution in [0.1, 0.15) is 63.6 Å². The molecule has 1 aliphatic carbocycles. The van der Waals surface area contributed by atoms with Crippen LogP contribution in [0.2, 0.25) is 0 Å². The number of aromatic nitrogens is 1. The minimum Gasteiger partial charge on any atom is -0.312 e. The maximum atomic E-state index is 4.82. The number of nitrogens with zero attached hydrogens (tertiary/aromatic N) is 1. The summed E-state index contributed by atoms with van der Waals surface area (Å²) in [5.74, 6) is 1.64. The van der Waals surface area contributed by atoms with Gasteiger partial charge in [0.2, 0.25) is 0 Å². The standard InChI is InChI=1S/C15H26N2S/c1-11-5-6-12(9-11)14-17-13(10-18-14)7-8-16-15(2,3)4/h10-12,16H,5-9H2,1-4H3. The summed E-state index contributed by atoms with van der Waals surface area (Å²) in [6.45, 7) is 10.0. The van der Waals surface area contributed by atoms with Crippen molar-refractivity contribution >= 4 is 11.3 Å². The van der Waals surface area contributed by atoms with Gasteiger partial charge in [-0.25, -0.2) is 4.98 Å². The number of thiazole rings is 1. The van der Waals surface area contributed by atoms with E-state index < -0.39 is 0 Å². The van der Waals surface area contributed by atoms with Crippen LogP contribution in [0.15, 0.2) is 5.38 Å². The van der Waals surface area contributed by atoms with Gasteiger partial charge in [-0.1, -0.05) is 13.3 Å². The SMILES string of the molecule is CC1CCC(c2nc(CCNC(C)(C)C)cs2)C1. The number of nitrogens with one attached hydrogen (secondary N) is 1. The molecule has 0 aromatic carbocycles. The molecule has 3 heteroatoms. The predicted octanol–water partition coefficient (Wildman–Crippen LogP) is 3.98. The lowest BCUT2D eigenvalue weighted by atomic mass is 10.1. The van der Waals surface area contributed by atoms with Crippen LogP contribution < -0.4 is 5.32 Å². The van der Waals surface area contributed by atoms with E-state index in [0.29, 0.717) is 0 Å². The first-order chi connectivity index (χ1) is 8.44. The average Bonchev–Trinajstić information content (AvgIpc) is 2.85. The smallest absolute Gasteiger partial charge is 0.0959 e. The fourth-order valence-corrected chi connectivity index (χ4v) is 3.63. The van der Waals surface area contributed by atoms with E-state index >= 15 is 0 Å². The van der Waals surface area contributed by atoms with Crippen molar-refractivity contribution in [2.24, 2.45) is 5.92 Å². The van der Waals surface area contributed by atoms with Crippen LogP contribution in [0.5, 0.6) is 0 Å². The highest BCUT2D eigenvalue weighted by Gasteiger charge is 2.25. The lowest BCUT2D eigenvalue weighted by Crippen LogP contribution is -2.37. The molecule has 1 N–H and O–H groups in total. The van der Waals surface area contributed by atoms with Crippen LogP contribution >= 0.6 is 11.3 Å². The monoisotopic (exact) mass is 266 g/mol. The lowest BCUT2D eigenvalue weighted by Gasteiger charge is -2.19. The summed E-state index contributed by atoms with van der Waals surface area (Å²) in [4.78, 5) is 4.82. The Labute approximate surface area is 115 Å². The summed E-state index contributed by atoms with van der Waals surface area (Å²) < 4.78 is 0. The van der Waals surface area contributed by atoms with Crippen molar-refractivity contribution in [3.63, 3.8) is 0 Å². The molecule has 0 amide bonds. The molecule has 0 bridgehead atoms. The maximum Gasteiger partial charge on any atom is 0.0959 e. The highest BCUT2D eigenvalue weighted by atomic mass is 32.1. The van der Waals surface area contributed by atoms with Gasteiger partial charge in [0, 0.05) is 29.8 Å². The van der Waals surface area contributed by atoms with Gasteiger partial charge in [0.1, 0.15) is 0 Å². The van der Waals surface area contributed by atoms with Crippen molar-refractivity contribution in [3.05, 3.63) is 16.1 Å². The van der Waals surface area contributed by atoms with E-state index in [4.69, 9.17) is 4.98 Å². The largest absolute Gasteiger partial charge is 0.312 e. The average molecular weight is 266 g/mol. The Morgan fingerprint density at radius 3 is 2.78 bits per heavy atom. The Morgan fingerprint density at radius 1 is 1.39 bits per heavy atom. The summed E-state index contributed by atoms with van der Waals surface area (Å²) >= 11 is 1.87. The minimum atomic E-state index is 0.208. The molecule has 1 aliphatic rings. The Hall–Kier alpha value is -0.410. The summed E-state index contributed by atoms with van der Waals surface area (Å²) in [6, 6.07) is 0. The van der Waals surface area contributed by atoms with E-state index in [-0.39, 0.29) is 5.54 Å². The first kappa shape index (κ1) is 14.0. The molecule has 2 nitrogen and oxygen atoms in total. The lowest BCUT2D eigenvalue weighted by molar-refractivity contribution is 0.428. The third-order valence-electron chi connectivity index (χ3n) is 3.65. The van der Waals surface area contributed by atoms with Crippen LogP contribution in [0.4, 0.5) is 0 Å². The summed E-state index contributed by atoms with van der Waals surface area (Å²) in [5, 5.41) is 7.15. The number of hydrogen-bond acceptors (Lipinski definition) is 3. The van der Waals surface area contributed by atoms with Crippen LogP contribution in [-0.4, -0.2) is 17.1 Å². The number of rotatable bonds is 4. The molecule has 0 aliphatic heterocycles. The van der Waals surface area contributed by atoms with E-state index in [1.54, 1.807) is 0 Å². The van der Waals surface area contributed by atoms with Gasteiger partial charge in [-0.3, -0.25) is 0 Å². The molecule has 2 atom stereocenters. The molecule has 1 aromatic heterocycles. The van der Waals surface area contributed by atoms with Gasteiger partial charge in [0.15, 0.2) is 0 Å². The predicted molar refractivity (Wildman–Crippen MR) is 79.3 cm³/mol. The Morgan fingerprint density at radius 2 is 2.17 bits per heavy atom. The van der Waals surface area contributed by atoms with Gasteiger partial charge in [0.25, 0.3) is 0 Å². The zero-order valence-electron chi connectivity index (χ0n) is 12.1. The van der Waals surface area contributed by atoms with Crippen molar-refractivity contribution in [1.82, 2.24) is 10.3 Å². The molecule has 0 saturated heterocycles. The van der Waals surface area contributed by atoms with E-state index in [9.17, 15) is 0 Å². The van der Waals surface area contributed by atoms with Gasteiger partial charge >= 0.3 is 0 Å². The summed E-state index contributed by atoms with van der Waals surface area (Å²) in [5.41, 5.74) is 1.48. The topological polar surface area (TPSA) is 24.9 Å². The molecule has 102 valence electrons. The van der Waals surface area contributed by atoms with Gasteiger partial charge in [0.05, 0.1) is 10.7 Å². The minimum absolute atomic E-state index is 0.208. The molecule has 1 fully saturated rings. The zero-order valence-corrected chi connectivity index (χ0v) is 12.9. The molecule has 0 spiro atoms. The molecule has 18 heavy (non-hydrogen) atoms. The Kier molecular flexibility index (Phi) is 4.44. The van der Waals surface area contributed by atoms with Gasteiger partial charge < -0.3 is 5.32 Å². The van der Waals surface area contributed by atoms with Gasteiger partial charge in [-0.15, -0.1) is 11.3 Å². The second-order valence-corrected chi connectivity index (χ2v) is 7.61. The van der Waals surface area contributed by atoms with E-state index in [0.717, 1.165) is 24.8 Å². The van der Waals surface area contributed by atoms with Crippen LogP contribution in [0.3, 0.4) is 0 Å². The van der Waals surface area contributed by atoms with E-state index in [1.165, 1.54) is 30.0 Å². The highest BCUT2D eigenvalue weighted by Crippen LogP contribution is 2.38. The molecule has 2 rings (SSSR count).